The molecule has 1 aliphatic heterocycles. The molecule has 2 aromatic heterocycles. The Balaban J connectivity index is 1.30. The van der Waals surface area contributed by atoms with E-state index < -0.39 is 0 Å². The molecule has 0 saturated heterocycles. The van der Waals surface area contributed by atoms with E-state index in [0.717, 1.165) is 22.8 Å². The summed E-state index contributed by atoms with van der Waals surface area (Å²) in [5.74, 6) is 2.74. The average molecular weight is 445 g/mol. The van der Waals surface area contributed by atoms with E-state index in [0.29, 0.717) is 42.6 Å². The Morgan fingerprint density at radius 3 is 2.91 bits per heavy atom. The van der Waals surface area contributed by atoms with Crippen molar-refractivity contribution in [3.05, 3.63) is 61.1 Å². The number of fused-ring (bicyclic) bond motifs is 2. The molecule has 3 heterocycles. The molecule has 0 spiro atoms. The number of anilines is 2. The molecule has 4 aromatic rings. The molecule has 168 valence electrons. The first-order valence-electron chi connectivity index (χ1n) is 10.6. The summed E-state index contributed by atoms with van der Waals surface area (Å²) < 4.78 is 18.4. The second kappa shape index (κ2) is 9.07. The van der Waals surface area contributed by atoms with Crippen LogP contribution in [-0.4, -0.2) is 47.1 Å². The van der Waals surface area contributed by atoms with Crippen molar-refractivity contribution >= 4 is 23.1 Å². The van der Waals surface area contributed by atoms with E-state index in [1.54, 1.807) is 37.7 Å². The number of carbonyl (C=O) groups is 1. The van der Waals surface area contributed by atoms with Crippen LogP contribution in [0.3, 0.4) is 0 Å². The second-order valence-corrected chi connectivity index (χ2v) is 7.43. The van der Waals surface area contributed by atoms with Gasteiger partial charge in [0.25, 0.3) is 0 Å². The van der Waals surface area contributed by atoms with Crippen LogP contribution in [0.15, 0.2) is 61.1 Å². The summed E-state index contributed by atoms with van der Waals surface area (Å²) in [5.41, 5.74) is 3.04. The highest BCUT2D eigenvalue weighted by atomic mass is 16.6. The molecule has 5 rings (SSSR count). The third kappa shape index (κ3) is 4.38. The summed E-state index contributed by atoms with van der Waals surface area (Å²) in [6.07, 6.45) is 5.50. The molecule has 1 aliphatic rings. The van der Waals surface area contributed by atoms with Crippen molar-refractivity contribution in [3.8, 4) is 28.5 Å². The molecule has 0 unspecified atom stereocenters. The van der Waals surface area contributed by atoms with Gasteiger partial charge in [0, 0.05) is 42.7 Å². The van der Waals surface area contributed by atoms with Gasteiger partial charge in [0.15, 0.2) is 17.1 Å². The van der Waals surface area contributed by atoms with E-state index in [1.165, 1.54) is 0 Å². The highest BCUT2D eigenvalue weighted by Gasteiger charge is 2.16. The number of methoxy groups -OCH3 is 1. The van der Waals surface area contributed by atoms with Crippen molar-refractivity contribution in [2.24, 2.45) is 0 Å². The van der Waals surface area contributed by atoms with E-state index >= 15 is 0 Å². The Labute approximate surface area is 190 Å². The summed E-state index contributed by atoms with van der Waals surface area (Å²) in [6.45, 7) is 1.45. The number of ether oxygens (including phenoxy) is 3. The van der Waals surface area contributed by atoms with Crippen LogP contribution in [0.2, 0.25) is 0 Å². The highest BCUT2D eigenvalue weighted by Crippen LogP contribution is 2.33. The van der Waals surface area contributed by atoms with Crippen molar-refractivity contribution in [1.29, 1.82) is 0 Å². The minimum atomic E-state index is -0.113. The zero-order chi connectivity index (χ0) is 22.6. The Morgan fingerprint density at radius 1 is 1.15 bits per heavy atom. The predicted molar refractivity (Wildman–Crippen MR) is 124 cm³/mol. The van der Waals surface area contributed by atoms with Crippen LogP contribution >= 0.6 is 0 Å². The third-order valence-corrected chi connectivity index (χ3v) is 5.24. The number of nitrogens with one attached hydrogen (secondary N) is 2. The average Bonchev–Trinajstić information content (AvgIpc) is 3.22. The topological polar surface area (TPSA) is 99.0 Å². The molecule has 0 atom stereocenters. The molecule has 0 fully saturated rings. The molecule has 2 aromatic carbocycles. The van der Waals surface area contributed by atoms with Crippen LogP contribution in [0.25, 0.3) is 16.9 Å². The van der Waals surface area contributed by atoms with Crippen molar-refractivity contribution in [1.82, 2.24) is 14.4 Å². The minimum Gasteiger partial charge on any atom is -0.497 e. The molecule has 33 heavy (non-hydrogen) atoms. The summed E-state index contributed by atoms with van der Waals surface area (Å²) in [4.78, 5) is 21.4. The van der Waals surface area contributed by atoms with E-state index in [9.17, 15) is 4.79 Å². The maximum Gasteiger partial charge on any atom is 0.226 e. The fourth-order valence-corrected chi connectivity index (χ4v) is 3.69. The largest absolute Gasteiger partial charge is 0.497 e. The number of benzene rings is 2. The van der Waals surface area contributed by atoms with Gasteiger partial charge >= 0.3 is 0 Å². The number of carbonyl (C=O) groups excluding carboxylic acids is 1. The van der Waals surface area contributed by atoms with Gasteiger partial charge in [-0.3, -0.25) is 14.2 Å². The van der Waals surface area contributed by atoms with E-state index in [4.69, 9.17) is 19.2 Å². The van der Waals surface area contributed by atoms with Crippen LogP contribution in [0, 0.1) is 0 Å². The first-order valence-corrected chi connectivity index (χ1v) is 10.6. The van der Waals surface area contributed by atoms with Gasteiger partial charge < -0.3 is 24.8 Å². The molecule has 9 nitrogen and oxygen atoms in total. The van der Waals surface area contributed by atoms with Gasteiger partial charge in [-0.15, -0.1) is 0 Å². The smallest absolute Gasteiger partial charge is 0.226 e. The zero-order valence-electron chi connectivity index (χ0n) is 18.1. The molecule has 1 amide bonds. The quantitative estimate of drug-likeness (QED) is 0.448. The fraction of sp³-hybridized carbons (Fsp3) is 0.208. The monoisotopic (exact) mass is 445 g/mol. The molecule has 2 N–H and O–H groups in total. The van der Waals surface area contributed by atoms with Gasteiger partial charge in [0.2, 0.25) is 5.91 Å². The van der Waals surface area contributed by atoms with Crippen LogP contribution in [0.4, 0.5) is 11.5 Å². The van der Waals surface area contributed by atoms with Gasteiger partial charge in [-0.05, 0) is 24.3 Å². The number of hydrogen-bond acceptors (Lipinski definition) is 7. The number of rotatable bonds is 7. The minimum absolute atomic E-state index is 0.113. The molecule has 0 bridgehead atoms. The Bertz CT molecular complexity index is 1300. The third-order valence-electron chi connectivity index (χ3n) is 5.24. The lowest BCUT2D eigenvalue weighted by Crippen LogP contribution is -2.18. The lowest BCUT2D eigenvalue weighted by Gasteiger charge is -2.19. The standard InChI is InChI=1S/C24H23N5O4/c1-31-18-4-2-3-16(13-18)23-24(29-10-9-25-15-21(29)28-23)26-8-7-22(30)27-17-5-6-19-20(14-17)33-12-11-32-19/h2-6,9-10,13-15,26H,7-8,11-12H2,1H3,(H,27,30). The maximum atomic E-state index is 12.5. The van der Waals surface area contributed by atoms with Crippen LogP contribution in [0.5, 0.6) is 17.2 Å². The molecule has 0 aliphatic carbocycles. The fourth-order valence-electron chi connectivity index (χ4n) is 3.69. The van der Waals surface area contributed by atoms with Gasteiger partial charge in [0.05, 0.1) is 13.3 Å². The molecular weight excluding hydrogens is 422 g/mol. The van der Waals surface area contributed by atoms with Gasteiger partial charge in [-0.1, -0.05) is 12.1 Å². The van der Waals surface area contributed by atoms with Crippen LogP contribution in [-0.2, 0) is 4.79 Å². The Morgan fingerprint density at radius 2 is 2.03 bits per heavy atom. The van der Waals surface area contributed by atoms with Gasteiger partial charge in [0.1, 0.15) is 30.5 Å². The van der Waals surface area contributed by atoms with Gasteiger partial charge in [-0.2, -0.15) is 0 Å². The number of imidazole rings is 1. The number of hydrogen-bond donors (Lipinski definition) is 2. The Kier molecular flexibility index (Phi) is 5.67. The van der Waals surface area contributed by atoms with Crippen molar-refractivity contribution in [3.63, 3.8) is 0 Å². The Hall–Kier alpha value is -4.27. The summed E-state index contributed by atoms with van der Waals surface area (Å²) >= 11 is 0. The van der Waals surface area contributed by atoms with Crippen molar-refractivity contribution in [2.75, 3.05) is 37.5 Å². The zero-order valence-corrected chi connectivity index (χ0v) is 18.1. The lowest BCUT2D eigenvalue weighted by molar-refractivity contribution is -0.115. The molecular formula is C24H23N5O4. The SMILES string of the molecule is COc1cccc(-c2nc3cnccn3c2NCCC(=O)Nc2ccc3c(c2)OCCO3)c1. The second-order valence-electron chi connectivity index (χ2n) is 7.43. The van der Waals surface area contributed by atoms with E-state index in [2.05, 4.69) is 15.6 Å². The molecule has 0 saturated carbocycles. The van der Waals surface area contributed by atoms with Crippen LogP contribution < -0.4 is 24.8 Å². The maximum absolute atomic E-state index is 12.5. The first-order chi connectivity index (χ1) is 16.2. The first kappa shape index (κ1) is 20.6. The normalized spacial score (nSPS) is 12.4. The lowest BCUT2D eigenvalue weighted by atomic mass is 10.1. The predicted octanol–water partition coefficient (Wildman–Crippen LogP) is 3.62. The molecule has 9 heteroatoms. The van der Waals surface area contributed by atoms with Crippen molar-refractivity contribution in [2.45, 2.75) is 6.42 Å². The van der Waals surface area contributed by atoms with Gasteiger partial charge in [-0.25, -0.2) is 4.98 Å². The number of nitrogens with zero attached hydrogens (tertiary/aromatic N) is 3. The van der Waals surface area contributed by atoms with Crippen molar-refractivity contribution < 1.29 is 19.0 Å². The summed E-state index contributed by atoms with van der Waals surface area (Å²) in [7, 11) is 1.63. The van der Waals surface area contributed by atoms with E-state index in [-0.39, 0.29) is 12.3 Å². The highest BCUT2D eigenvalue weighted by molar-refractivity contribution is 5.91. The number of aromatic nitrogens is 3. The number of amides is 1. The molecule has 0 radical (unpaired) electrons. The summed E-state index contributed by atoms with van der Waals surface area (Å²) in [6, 6.07) is 13.1. The van der Waals surface area contributed by atoms with Crippen LogP contribution in [0.1, 0.15) is 6.42 Å². The summed E-state index contributed by atoms with van der Waals surface area (Å²) in [5, 5.41) is 6.27. The van der Waals surface area contributed by atoms with E-state index in [1.807, 2.05) is 34.9 Å².